The van der Waals surface area contributed by atoms with Crippen molar-refractivity contribution in [3.63, 3.8) is 0 Å². The van der Waals surface area contributed by atoms with Crippen LogP contribution in [0.2, 0.25) is 0 Å². The summed E-state index contributed by atoms with van der Waals surface area (Å²) < 4.78 is 123. The molecule has 2 fully saturated rings. The van der Waals surface area contributed by atoms with Gasteiger partial charge in [0, 0.05) is 116 Å². The number of carbonyl (C=O) groups is 2. The van der Waals surface area contributed by atoms with Gasteiger partial charge in [0.25, 0.3) is 11.8 Å². The highest BCUT2D eigenvalue weighted by Crippen LogP contribution is 2.25. The highest BCUT2D eigenvalue weighted by Gasteiger charge is 2.32. The standard InChI is InChI=1S/C64H80N8O10S4/c1-51-9-25-59(26-10-51)83(75,76)69-39-7-35-67-43-47-71(85(79,80)61-29-13-53(3)14-30-61)37-5-33-65(41-45-69)49-55-17-19-56(20-18-55)50-66-34-6-38-72(86(81,82)62-31-15-54(4)16-32-62)48-44-68(64(74)58-23-21-57(22-24-58)63(67)73)36-8-40-70(46-42-66)84(77,78)60-27-11-52(2)12-28-60/h9-32H,5-8,33-50H2,1-4H3. The Morgan fingerprint density at radius 3 is 0.779 bits per heavy atom. The van der Waals surface area contributed by atoms with Crippen molar-refractivity contribution in [2.75, 3.05) is 105 Å². The van der Waals surface area contributed by atoms with E-state index in [-0.39, 0.29) is 122 Å². The number of aryl methyl sites for hydroxylation is 4. The highest BCUT2D eigenvalue weighted by molar-refractivity contribution is 7.90. The summed E-state index contributed by atoms with van der Waals surface area (Å²) in [5.74, 6) is -0.906. The Hall–Kier alpha value is -6.18. The number of carbonyl (C=O) groups excluding carboxylic acids is 2. The first-order chi connectivity index (χ1) is 41.1. The quantitative estimate of drug-likeness (QED) is 0.146. The summed E-state index contributed by atoms with van der Waals surface area (Å²) in [5, 5.41) is 0. The lowest BCUT2D eigenvalue weighted by Crippen LogP contribution is -2.45. The van der Waals surface area contributed by atoms with E-state index >= 15 is 0 Å². The van der Waals surface area contributed by atoms with Gasteiger partial charge in [-0.1, -0.05) is 95.1 Å². The number of benzene rings is 6. The molecule has 0 aliphatic carbocycles. The Bertz CT molecular complexity index is 3500. The molecule has 0 spiro atoms. The van der Waals surface area contributed by atoms with Gasteiger partial charge in [0.2, 0.25) is 40.1 Å². The molecule has 22 heteroatoms. The molecule has 16 rings (SSSR count). The molecule has 2 unspecified atom stereocenters. The zero-order valence-corrected chi connectivity index (χ0v) is 53.0. The van der Waals surface area contributed by atoms with E-state index in [0.717, 1.165) is 33.4 Å². The number of nitrogens with zero attached hydrogens (tertiary/aromatic N) is 8. The van der Waals surface area contributed by atoms with Crippen molar-refractivity contribution in [2.24, 2.45) is 0 Å². The Balaban J connectivity index is 1.13. The van der Waals surface area contributed by atoms with Gasteiger partial charge in [0.05, 0.1) is 19.6 Å². The lowest BCUT2D eigenvalue weighted by molar-refractivity contribution is 0.0730. The lowest BCUT2D eigenvalue weighted by Gasteiger charge is -2.32. The van der Waals surface area contributed by atoms with Crippen LogP contribution in [-0.4, -0.2) is 187 Å². The van der Waals surface area contributed by atoms with E-state index in [4.69, 9.17) is 0 Å². The maximum atomic E-state index is 14.9. The van der Waals surface area contributed by atoms with Gasteiger partial charge >= 0.3 is 0 Å². The fourth-order valence-electron chi connectivity index (χ4n) is 11.2. The minimum absolute atomic E-state index is 0.0325. The molecule has 0 radical (unpaired) electrons. The van der Waals surface area contributed by atoms with E-state index in [1.165, 1.54) is 41.5 Å². The van der Waals surface area contributed by atoms with E-state index in [0.29, 0.717) is 52.1 Å². The SMILES string of the molecule is Cc1ccc(S(=O)(=O)N2CCCN3CCN(S(=O)(=O)c4ccc(C)cc4)CCCN(CC2)Cc2ccc(cc2)CN2CCCN(S(=O)(=O)c4ccc(C)cc4)CCN(CCCN(S(=O)(=O)c4ccc(C)cc4)CC2)C(=O)c2ccc(cc2)C3=O)cc1. The smallest absolute Gasteiger partial charge is 0.253 e. The maximum Gasteiger partial charge on any atom is 0.253 e. The van der Waals surface area contributed by atoms with Crippen LogP contribution in [0.5, 0.6) is 0 Å². The molecule has 8 bridgehead atoms. The van der Waals surface area contributed by atoms with Gasteiger partial charge in [0.1, 0.15) is 0 Å². The van der Waals surface area contributed by atoms with Crippen molar-refractivity contribution in [1.29, 1.82) is 0 Å². The van der Waals surface area contributed by atoms with Crippen LogP contribution in [0.3, 0.4) is 0 Å². The second-order valence-corrected chi connectivity index (χ2v) is 30.6. The predicted molar refractivity (Wildman–Crippen MR) is 333 cm³/mol. The second kappa shape index (κ2) is 28.3. The summed E-state index contributed by atoms with van der Waals surface area (Å²) in [5.41, 5.74) is 5.91. The first kappa shape index (κ1) is 64.3. The van der Waals surface area contributed by atoms with Crippen LogP contribution >= 0.6 is 0 Å². The van der Waals surface area contributed by atoms with Crippen LogP contribution in [0.15, 0.2) is 165 Å². The molecule has 6 aromatic carbocycles. The van der Waals surface area contributed by atoms with Crippen LogP contribution in [0, 0.1) is 27.7 Å². The normalized spacial score (nSPS) is 20.2. The molecule has 6 aromatic rings. The lowest BCUT2D eigenvalue weighted by atomic mass is 10.1. The molecule has 10 aliphatic rings. The molecule has 2 atom stereocenters. The summed E-state index contributed by atoms with van der Waals surface area (Å²) in [4.78, 5) is 37.8. The molecular formula is C64H80N8O10S4. The van der Waals surface area contributed by atoms with Gasteiger partial charge in [-0.25, -0.2) is 33.7 Å². The zero-order valence-electron chi connectivity index (χ0n) is 49.7. The van der Waals surface area contributed by atoms with Crippen LogP contribution in [0.1, 0.15) is 79.8 Å². The average molecular weight is 1250 g/mol. The van der Waals surface area contributed by atoms with E-state index in [1.807, 2.05) is 52.0 Å². The van der Waals surface area contributed by atoms with Crippen LogP contribution < -0.4 is 0 Å². The highest BCUT2D eigenvalue weighted by atomic mass is 32.2. The molecule has 0 saturated carbocycles. The summed E-state index contributed by atoms with van der Waals surface area (Å²) >= 11 is 0. The van der Waals surface area contributed by atoms with Crippen molar-refractivity contribution in [3.8, 4) is 0 Å². The topological polar surface area (TPSA) is 197 Å². The van der Waals surface area contributed by atoms with Gasteiger partial charge in [-0.2, -0.15) is 17.2 Å². The molecule has 0 N–H and O–H groups in total. The van der Waals surface area contributed by atoms with Gasteiger partial charge in [-0.3, -0.25) is 19.4 Å². The maximum absolute atomic E-state index is 14.9. The monoisotopic (exact) mass is 1250 g/mol. The molecule has 10 heterocycles. The van der Waals surface area contributed by atoms with Crippen molar-refractivity contribution in [1.82, 2.24) is 36.8 Å². The molecular weight excluding hydrogens is 1170 g/mol. The number of rotatable bonds is 8. The number of amides is 2. The molecule has 2 amide bonds. The van der Waals surface area contributed by atoms with Crippen molar-refractivity contribution >= 4 is 51.9 Å². The fraction of sp³-hybridized carbons (Fsp3) is 0.406. The zero-order chi connectivity index (χ0) is 61.2. The van der Waals surface area contributed by atoms with Gasteiger partial charge in [0.15, 0.2) is 0 Å². The van der Waals surface area contributed by atoms with E-state index in [2.05, 4.69) is 9.80 Å². The van der Waals surface area contributed by atoms with Crippen molar-refractivity contribution in [2.45, 2.75) is 86.0 Å². The average Bonchev–Trinajstić information content (AvgIpc) is 2.80. The number of hydrogen-bond donors (Lipinski definition) is 0. The van der Waals surface area contributed by atoms with Crippen LogP contribution in [-0.2, 0) is 53.2 Å². The van der Waals surface area contributed by atoms with Crippen molar-refractivity contribution in [3.05, 3.63) is 190 Å². The largest absolute Gasteiger partial charge is 0.337 e. The molecule has 18 nitrogen and oxygen atoms in total. The molecule has 86 heavy (non-hydrogen) atoms. The Labute approximate surface area is 509 Å². The summed E-state index contributed by atoms with van der Waals surface area (Å²) in [6.07, 6.45) is 1.19. The minimum atomic E-state index is -4.06. The third kappa shape index (κ3) is 15.9. The third-order valence-corrected chi connectivity index (χ3v) is 24.1. The third-order valence-electron chi connectivity index (χ3n) is 16.4. The summed E-state index contributed by atoms with van der Waals surface area (Å²) in [7, 11) is -16.2. The minimum Gasteiger partial charge on any atom is -0.337 e. The molecule has 2 saturated heterocycles. The van der Waals surface area contributed by atoms with Crippen molar-refractivity contribution < 1.29 is 43.3 Å². The van der Waals surface area contributed by atoms with E-state index < -0.39 is 51.9 Å². The van der Waals surface area contributed by atoms with Gasteiger partial charge in [-0.05, 0) is 150 Å². The Morgan fingerprint density at radius 1 is 0.267 bits per heavy atom. The summed E-state index contributed by atoms with van der Waals surface area (Å²) in [6.45, 7) is 10.3. The predicted octanol–water partition coefficient (Wildman–Crippen LogP) is 7.47. The molecule has 460 valence electrons. The van der Waals surface area contributed by atoms with E-state index in [1.54, 1.807) is 107 Å². The van der Waals surface area contributed by atoms with Gasteiger partial charge < -0.3 is 9.80 Å². The fourth-order valence-corrected chi connectivity index (χ4v) is 17.1. The van der Waals surface area contributed by atoms with Crippen LogP contribution in [0.25, 0.3) is 0 Å². The second-order valence-electron chi connectivity index (χ2n) is 22.8. The number of hydrogen-bond acceptors (Lipinski definition) is 12. The first-order valence-corrected chi connectivity index (χ1v) is 35.3. The van der Waals surface area contributed by atoms with Gasteiger partial charge in [-0.15, -0.1) is 0 Å². The Morgan fingerprint density at radius 2 is 0.512 bits per heavy atom. The molecule has 0 aromatic heterocycles. The molecule has 10 aliphatic heterocycles. The van der Waals surface area contributed by atoms with E-state index in [9.17, 15) is 43.3 Å². The summed E-state index contributed by atoms with van der Waals surface area (Å²) in [6, 6.07) is 41.1. The van der Waals surface area contributed by atoms with Crippen LogP contribution in [0.4, 0.5) is 0 Å². The Kier molecular flexibility index (Phi) is 21.2. The first-order valence-electron chi connectivity index (χ1n) is 29.6. The number of sulfonamides is 4.